The van der Waals surface area contributed by atoms with Crippen molar-refractivity contribution in [2.75, 3.05) is 6.61 Å². The van der Waals surface area contributed by atoms with E-state index in [1.165, 1.54) is 6.42 Å². The van der Waals surface area contributed by atoms with Crippen molar-refractivity contribution >= 4 is 54.4 Å². The number of ether oxygens (including phenoxy) is 1. The van der Waals surface area contributed by atoms with Gasteiger partial charge >= 0.3 is 0 Å². The molecule has 1 saturated carbocycles. The van der Waals surface area contributed by atoms with Gasteiger partial charge in [0.05, 0.1) is 4.47 Å². The fourth-order valence-corrected chi connectivity index (χ4v) is 6.30. The number of rotatable bonds is 10. The number of hydrogen-bond donors (Lipinski definition) is 1. The summed E-state index contributed by atoms with van der Waals surface area (Å²) in [4.78, 5) is 29.6. The van der Waals surface area contributed by atoms with Crippen molar-refractivity contribution in [3.63, 3.8) is 0 Å². The summed E-state index contributed by atoms with van der Waals surface area (Å²) in [6.07, 6.45) is 5.80. The van der Waals surface area contributed by atoms with Gasteiger partial charge in [0, 0.05) is 23.5 Å². The molecule has 0 radical (unpaired) electrons. The third-order valence-electron chi connectivity index (χ3n) is 7.67. The molecule has 1 N–H and O–H groups in total. The van der Waals surface area contributed by atoms with Crippen molar-refractivity contribution in [3.05, 3.63) is 111 Å². The maximum atomic E-state index is 14.0. The molecule has 212 valence electrons. The first-order valence-corrected chi connectivity index (χ1v) is 15.7. The summed E-state index contributed by atoms with van der Waals surface area (Å²) in [5, 5.41) is 5.38. The second kappa shape index (κ2) is 14.1. The molecule has 0 spiro atoms. The molecule has 0 bridgehead atoms. The second-order valence-electron chi connectivity index (χ2n) is 10.6. The lowest BCUT2D eigenvalue weighted by atomic mass is 9.94. The molecule has 0 heterocycles. The molecule has 7 heteroatoms. The molecular weight excluding hydrogens is 644 g/mol. The maximum Gasteiger partial charge on any atom is 0.261 e. The minimum absolute atomic E-state index is 0.113. The van der Waals surface area contributed by atoms with E-state index < -0.39 is 6.04 Å². The molecule has 0 aromatic heterocycles. The lowest BCUT2D eigenvalue weighted by molar-refractivity contribution is -0.143. The first-order valence-electron chi connectivity index (χ1n) is 14.2. The maximum absolute atomic E-state index is 14.0. The van der Waals surface area contributed by atoms with Crippen molar-refractivity contribution in [1.82, 2.24) is 10.2 Å². The molecule has 0 unspecified atom stereocenters. The van der Waals surface area contributed by atoms with Crippen molar-refractivity contribution < 1.29 is 14.3 Å². The normalized spacial score (nSPS) is 14.4. The van der Waals surface area contributed by atoms with E-state index in [0.29, 0.717) is 18.7 Å². The van der Waals surface area contributed by atoms with Crippen LogP contribution in [0.2, 0.25) is 0 Å². The summed E-state index contributed by atoms with van der Waals surface area (Å²) in [6.45, 7) is 0.111. The van der Waals surface area contributed by atoms with Crippen LogP contribution < -0.4 is 10.1 Å². The number of halogens is 2. The van der Waals surface area contributed by atoms with E-state index in [9.17, 15) is 9.59 Å². The van der Waals surface area contributed by atoms with Crippen LogP contribution in [0.4, 0.5) is 0 Å². The monoisotopic (exact) mass is 676 g/mol. The number of carbonyl (C=O) groups is 2. The van der Waals surface area contributed by atoms with E-state index in [-0.39, 0.29) is 24.5 Å². The third kappa shape index (κ3) is 7.77. The highest BCUT2D eigenvalue weighted by Gasteiger charge is 2.32. The van der Waals surface area contributed by atoms with Crippen LogP contribution in [0.1, 0.15) is 43.2 Å². The summed E-state index contributed by atoms with van der Waals surface area (Å²) in [6, 6.07) is 29.1. The Bertz CT molecular complexity index is 1470. The van der Waals surface area contributed by atoms with Gasteiger partial charge in [0.1, 0.15) is 11.8 Å². The van der Waals surface area contributed by atoms with E-state index in [1.54, 1.807) is 4.90 Å². The Morgan fingerprint density at radius 3 is 2.29 bits per heavy atom. The van der Waals surface area contributed by atoms with Crippen LogP contribution in [0.5, 0.6) is 5.75 Å². The molecular formula is C34H34Br2N2O3. The average molecular weight is 678 g/mol. The molecule has 2 amide bonds. The predicted octanol–water partition coefficient (Wildman–Crippen LogP) is 7.83. The molecule has 41 heavy (non-hydrogen) atoms. The standard InChI is InChI=1S/C34H34Br2N2O3/c35-27-18-15-25(16-19-27)22-38(32(39)23-41-31-20-17-26-11-7-8-14-29(26)33(31)36)30(21-24-9-3-1-4-10-24)34(40)37-28-12-5-2-6-13-28/h1,3-4,7-11,14-20,28,30H,2,5-6,12-13,21-23H2,(H,37,40)/t30-/m1/s1. The van der Waals surface area contributed by atoms with E-state index in [0.717, 1.165) is 56.5 Å². The highest BCUT2D eigenvalue weighted by atomic mass is 79.9. The number of amides is 2. The van der Waals surface area contributed by atoms with Crippen LogP contribution in [0.15, 0.2) is 99.9 Å². The first kappa shape index (κ1) is 29.3. The molecule has 1 aliphatic rings. The number of hydrogen-bond acceptors (Lipinski definition) is 3. The summed E-state index contributed by atoms with van der Waals surface area (Å²) in [5.41, 5.74) is 1.94. The van der Waals surface area contributed by atoms with Gasteiger partial charge in [0.25, 0.3) is 5.91 Å². The summed E-state index contributed by atoms with van der Waals surface area (Å²) in [7, 11) is 0. The Balaban J connectivity index is 1.42. The zero-order valence-corrected chi connectivity index (χ0v) is 26.1. The van der Waals surface area contributed by atoms with Gasteiger partial charge in [0.15, 0.2) is 6.61 Å². The van der Waals surface area contributed by atoms with Crippen molar-refractivity contribution in [2.45, 2.75) is 57.2 Å². The van der Waals surface area contributed by atoms with Crippen LogP contribution in [-0.4, -0.2) is 35.4 Å². The zero-order chi connectivity index (χ0) is 28.6. The van der Waals surface area contributed by atoms with Crippen molar-refractivity contribution in [3.8, 4) is 5.75 Å². The number of nitrogens with zero attached hydrogens (tertiary/aromatic N) is 1. The second-order valence-corrected chi connectivity index (χ2v) is 12.3. The largest absolute Gasteiger partial charge is 0.483 e. The van der Waals surface area contributed by atoms with Crippen LogP contribution in [0, 0.1) is 0 Å². The summed E-state index contributed by atoms with van der Waals surface area (Å²) in [5.74, 6) is 0.234. The topological polar surface area (TPSA) is 58.6 Å². The Labute approximate surface area is 258 Å². The third-order valence-corrected chi connectivity index (χ3v) is 9.01. The Hall–Kier alpha value is -3.16. The van der Waals surface area contributed by atoms with Gasteiger partial charge in [-0.2, -0.15) is 0 Å². The molecule has 5 rings (SSSR count). The first-order chi connectivity index (χ1) is 20.0. The van der Waals surface area contributed by atoms with Crippen molar-refractivity contribution in [2.24, 2.45) is 0 Å². The molecule has 1 aliphatic carbocycles. The van der Waals surface area contributed by atoms with Crippen LogP contribution in [0.25, 0.3) is 10.8 Å². The molecule has 1 atom stereocenters. The summed E-state index contributed by atoms with van der Waals surface area (Å²) < 4.78 is 7.86. The lowest BCUT2D eigenvalue weighted by Gasteiger charge is -2.33. The minimum atomic E-state index is -0.681. The lowest BCUT2D eigenvalue weighted by Crippen LogP contribution is -2.53. The van der Waals surface area contributed by atoms with Crippen LogP contribution in [-0.2, 0) is 22.6 Å². The Morgan fingerprint density at radius 1 is 0.829 bits per heavy atom. The molecule has 5 nitrogen and oxygen atoms in total. The SMILES string of the molecule is O=C(NC1CCCCC1)[C@@H](Cc1ccccc1)N(Cc1ccc(Br)cc1)C(=O)COc1ccc2ccccc2c1Br. The Kier molecular flexibility index (Phi) is 10.1. The molecule has 4 aromatic rings. The molecule has 1 fully saturated rings. The van der Waals surface area contributed by atoms with E-state index in [4.69, 9.17) is 4.74 Å². The molecule has 0 saturated heterocycles. The van der Waals surface area contributed by atoms with Gasteiger partial charge in [-0.25, -0.2) is 0 Å². The number of nitrogens with one attached hydrogen (secondary N) is 1. The van der Waals surface area contributed by atoms with Gasteiger partial charge in [0.2, 0.25) is 5.91 Å². The minimum Gasteiger partial charge on any atom is -0.483 e. The smallest absolute Gasteiger partial charge is 0.261 e. The van der Waals surface area contributed by atoms with Gasteiger partial charge in [-0.05, 0) is 68.9 Å². The summed E-state index contributed by atoms with van der Waals surface area (Å²) >= 11 is 7.16. The van der Waals surface area contributed by atoms with Gasteiger partial charge < -0.3 is 15.0 Å². The van der Waals surface area contributed by atoms with Gasteiger partial charge in [-0.1, -0.05) is 108 Å². The number of carbonyl (C=O) groups excluding carboxylic acids is 2. The van der Waals surface area contributed by atoms with Crippen molar-refractivity contribution in [1.29, 1.82) is 0 Å². The number of fused-ring (bicyclic) bond motifs is 1. The Morgan fingerprint density at radius 2 is 1.54 bits per heavy atom. The molecule has 0 aliphatic heterocycles. The average Bonchev–Trinajstić information content (AvgIpc) is 3.00. The van der Waals surface area contributed by atoms with Crippen LogP contribution in [0.3, 0.4) is 0 Å². The highest BCUT2D eigenvalue weighted by molar-refractivity contribution is 9.11. The van der Waals surface area contributed by atoms with Gasteiger partial charge in [-0.15, -0.1) is 0 Å². The van der Waals surface area contributed by atoms with E-state index >= 15 is 0 Å². The fourth-order valence-electron chi connectivity index (χ4n) is 5.43. The highest BCUT2D eigenvalue weighted by Crippen LogP contribution is 2.33. The fraction of sp³-hybridized carbons (Fsp3) is 0.294. The van der Waals surface area contributed by atoms with E-state index in [2.05, 4.69) is 37.2 Å². The quantitative estimate of drug-likeness (QED) is 0.186. The van der Waals surface area contributed by atoms with Gasteiger partial charge in [-0.3, -0.25) is 9.59 Å². The number of benzene rings is 4. The van der Waals surface area contributed by atoms with E-state index in [1.807, 2.05) is 91.0 Å². The van der Waals surface area contributed by atoms with Crippen LogP contribution >= 0.6 is 31.9 Å². The zero-order valence-electron chi connectivity index (χ0n) is 22.9. The molecule has 4 aromatic carbocycles. The predicted molar refractivity (Wildman–Crippen MR) is 171 cm³/mol.